The van der Waals surface area contributed by atoms with Crippen LogP contribution in [0.1, 0.15) is 58.6 Å². The number of esters is 1. The molecule has 4 atom stereocenters. The van der Waals surface area contributed by atoms with Crippen molar-refractivity contribution in [1.29, 1.82) is 0 Å². The summed E-state index contributed by atoms with van der Waals surface area (Å²) in [5.41, 5.74) is 0.843. The number of aliphatic hydroxyl groups is 2. The lowest BCUT2D eigenvalue weighted by molar-refractivity contribution is -0.144. The molecular weight excluding hydrogens is 562 g/mol. The number of unbranched alkanes of at least 4 members (excludes halogenated alkanes) is 1. The van der Waals surface area contributed by atoms with E-state index < -0.39 is 24.3 Å². The first-order valence-corrected chi connectivity index (χ1v) is 15.3. The number of benzene rings is 1. The van der Waals surface area contributed by atoms with Crippen molar-refractivity contribution in [1.82, 2.24) is 19.5 Å². The Morgan fingerprint density at radius 1 is 1.24 bits per heavy atom. The molecule has 4 rings (SSSR count). The molecule has 3 aromatic rings. The Bertz CT molecular complexity index is 1310. The van der Waals surface area contributed by atoms with Crippen LogP contribution in [0, 0.1) is 5.92 Å². The molecule has 0 radical (unpaired) electrons. The number of anilines is 1. The first-order valence-electron chi connectivity index (χ1n) is 14.4. The quantitative estimate of drug-likeness (QED) is 0.125. The summed E-state index contributed by atoms with van der Waals surface area (Å²) in [6, 6.07) is 8.96. The van der Waals surface area contributed by atoms with Gasteiger partial charge in [-0.25, -0.2) is 9.97 Å². The minimum atomic E-state index is -0.845. The number of imidazole rings is 1. The number of nitrogens with one attached hydrogen (secondary N) is 1. The second-order valence-corrected chi connectivity index (χ2v) is 11.2. The fourth-order valence-corrected chi connectivity index (χ4v) is 5.44. The Labute approximate surface area is 249 Å². The van der Waals surface area contributed by atoms with Crippen LogP contribution in [0.2, 0.25) is 0 Å². The number of para-hydroxylation sites is 1. The molecule has 2 aromatic heterocycles. The average molecular weight is 602 g/mol. The van der Waals surface area contributed by atoms with Crippen LogP contribution >= 0.6 is 11.8 Å². The van der Waals surface area contributed by atoms with Crippen molar-refractivity contribution in [2.75, 3.05) is 30.9 Å². The van der Waals surface area contributed by atoms with Crippen molar-refractivity contribution in [3.8, 4) is 5.75 Å². The number of ether oxygens (including phenoxy) is 3. The van der Waals surface area contributed by atoms with Crippen molar-refractivity contribution in [3.63, 3.8) is 0 Å². The third-order valence-corrected chi connectivity index (χ3v) is 7.98. The number of carbonyl (C=O) groups is 2. The molecule has 0 spiro atoms. The van der Waals surface area contributed by atoms with Gasteiger partial charge in [0.25, 0.3) is 5.91 Å². The molecule has 0 saturated carbocycles. The molecule has 1 amide bonds. The molecule has 228 valence electrons. The summed E-state index contributed by atoms with van der Waals surface area (Å²) in [5, 5.41) is 22.9. The van der Waals surface area contributed by atoms with Gasteiger partial charge in [-0.1, -0.05) is 51.3 Å². The number of aliphatic hydroxyl groups excluding tert-OH is 2. The predicted molar refractivity (Wildman–Crippen MR) is 157 cm³/mol. The van der Waals surface area contributed by atoms with Gasteiger partial charge in [-0.15, -0.1) is 11.8 Å². The van der Waals surface area contributed by atoms with Crippen LogP contribution in [0.3, 0.4) is 0 Å². The number of hydrogen-bond donors (Lipinski definition) is 3. The summed E-state index contributed by atoms with van der Waals surface area (Å²) in [4.78, 5) is 38.6. The molecule has 42 heavy (non-hydrogen) atoms. The molecule has 0 bridgehead atoms. The monoisotopic (exact) mass is 601 g/mol. The molecule has 13 heteroatoms. The van der Waals surface area contributed by atoms with Crippen molar-refractivity contribution < 1.29 is 34.0 Å². The zero-order chi connectivity index (χ0) is 29.9. The highest BCUT2D eigenvalue weighted by molar-refractivity contribution is 7.99. The van der Waals surface area contributed by atoms with Crippen molar-refractivity contribution in [2.45, 2.75) is 75.8 Å². The van der Waals surface area contributed by atoms with Crippen molar-refractivity contribution >= 4 is 40.8 Å². The zero-order valence-corrected chi connectivity index (χ0v) is 24.8. The van der Waals surface area contributed by atoms with Crippen molar-refractivity contribution in [3.05, 3.63) is 36.7 Å². The molecule has 1 aromatic carbocycles. The maximum atomic E-state index is 12.7. The molecule has 1 aliphatic rings. The maximum Gasteiger partial charge on any atom is 0.306 e. The summed E-state index contributed by atoms with van der Waals surface area (Å²) in [6.07, 6.45) is 4.00. The zero-order valence-electron chi connectivity index (χ0n) is 24.0. The van der Waals surface area contributed by atoms with E-state index in [1.807, 2.05) is 18.2 Å². The van der Waals surface area contributed by atoms with E-state index in [2.05, 4.69) is 34.1 Å². The second-order valence-electron chi connectivity index (χ2n) is 10.1. The fraction of sp³-hybridized carbons (Fsp3) is 0.552. The lowest BCUT2D eigenvalue weighted by Gasteiger charge is -2.15. The Morgan fingerprint density at radius 3 is 2.76 bits per heavy atom. The SMILES string of the molecule is CCCCC(CC)COC(=O)CCSc1nc(NC(=O)COc2ccccc2)nc2c1ncn2[C@H]1C[C@H](O)[C@@H](CO)O1. The van der Waals surface area contributed by atoms with Crippen LogP contribution in [0.5, 0.6) is 5.75 Å². The number of rotatable bonds is 16. The van der Waals surface area contributed by atoms with Gasteiger partial charge in [0.05, 0.1) is 32.1 Å². The Balaban J connectivity index is 1.46. The summed E-state index contributed by atoms with van der Waals surface area (Å²) in [5.74, 6) is 0.615. The normalized spacial score (nSPS) is 19.1. The van der Waals surface area contributed by atoms with Gasteiger partial charge < -0.3 is 24.4 Å². The topological polar surface area (TPSA) is 158 Å². The molecule has 3 N–H and O–H groups in total. The first kappa shape index (κ1) is 31.7. The maximum absolute atomic E-state index is 12.7. The molecule has 12 nitrogen and oxygen atoms in total. The number of aromatic nitrogens is 4. The number of fused-ring (bicyclic) bond motifs is 1. The second kappa shape index (κ2) is 15.8. The van der Waals surface area contributed by atoms with Crippen LogP contribution in [0.25, 0.3) is 11.2 Å². The van der Waals surface area contributed by atoms with E-state index in [-0.39, 0.29) is 38.0 Å². The van der Waals surface area contributed by atoms with Gasteiger partial charge in [-0.3, -0.25) is 19.5 Å². The molecule has 1 saturated heterocycles. The third-order valence-electron chi connectivity index (χ3n) is 7.02. The lowest BCUT2D eigenvalue weighted by atomic mass is 10.0. The fourth-order valence-electron chi connectivity index (χ4n) is 4.55. The number of amides is 1. The highest BCUT2D eigenvalue weighted by Gasteiger charge is 2.35. The largest absolute Gasteiger partial charge is 0.484 e. The number of carbonyl (C=O) groups excluding carboxylic acids is 2. The standard InChI is InChI=1S/C29H39N5O7S/c1-3-5-9-19(4-2)16-40-25(38)12-13-42-28-26-27(34(18-30-26)24-14-21(36)22(15-35)41-24)32-29(33-28)31-23(37)17-39-20-10-7-6-8-11-20/h6-8,10-11,18-19,21-22,24,35-36H,3-5,9,12-17H2,1-2H3,(H,31,32,33,37)/t19?,21-,22+,24+/m0/s1. The predicted octanol–water partition coefficient (Wildman–Crippen LogP) is 3.73. The van der Waals surface area contributed by atoms with E-state index in [0.717, 1.165) is 25.7 Å². The van der Waals surface area contributed by atoms with Crippen LogP contribution < -0.4 is 10.1 Å². The van der Waals surface area contributed by atoms with Gasteiger partial charge in [0, 0.05) is 12.2 Å². The summed E-state index contributed by atoms with van der Waals surface area (Å²) in [7, 11) is 0. The van der Waals surface area contributed by atoms with Gasteiger partial charge in [0.15, 0.2) is 12.3 Å². The minimum Gasteiger partial charge on any atom is -0.484 e. The Kier molecular flexibility index (Phi) is 11.9. The van der Waals surface area contributed by atoms with Gasteiger partial charge >= 0.3 is 5.97 Å². The molecule has 3 heterocycles. The summed E-state index contributed by atoms with van der Waals surface area (Å²) < 4.78 is 18.5. The van der Waals surface area contributed by atoms with Crippen LogP contribution in [-0.4, -0.2) is 79.4 Å². The molecular formula is C29H39N5O7S. The third kappa shape index (κ3) is 8.63. The van der Waals surface area contributed by atoms with Crippen LogP contribution in [0.15, 0.2) is 41.7 Å². The molecule has 1 fully saturated rings. The van der Waals surface area contributed by atoms with E-state index >= 15 is 0 Å². The van der Waals surface area contributed by atoms with Gasteiger partial charge in [-0.2, -0.15) is 4.98 Å². The Morgan fingerprint density at radius 2 is 2.05 bits per heavy atom. The van der Waals surface area contributed by atoms with E-state index in [4.69, 9.17) is 14.2 Å². The average Bonchev–Trinajstić information content (AvgIpc) is 3.59. The van der Waals surface area contributed by atoms with Gasteiger partial charge in [0.1, 0.15) is 28.6 Å². The molecule has 0 aliphatic carbocycles. The van der Waals surface area contributed by atoms with E-state index in [9.17, 15) is 19.8 Å². The van der Waals surface area contributed by atoms with Crippen LogP contribution in [-0.2, 0) is 19.1 Å². The summed E-state index contributed by atoms with van der Waals surface area (Å²) in [6.45, 7) is 4.11. The Hall–Kier alpha value is -3.26. The first-order chi connectivity index (χ1) is 20.4. The van der Waals surface area contributed by atoms with Gasteiger partial charge in [0.2, 0.25) is 5.95 Å². The smallest absolute Gasteiger partial charge is 0.306 e. The van der Waals surface area contributed by atoms with Gasteiger partial charge in [-0.05, 0) is 24.5 Å². The number of hydrogen-bond acceptors (Lipinski definition) is 11. The number of nitrogens with zero attached hydrogens (tertiary/aromatic N) is 4. The van der Waals surface area contributed by atoms with E-state index in [0.29, 0.717) is 40.2 Å². The minimum absolute atomic E-state index is 0.0370. The highest BCUT2D eigenvalue weighted by Crippen LogP contribution is 2.33. The highest BCUT2D eigenvalue weighted by atomic mass is 32.2. The lowest BCUT2D eigenvalue weighted by Crippen LogP contribution is -2.24. The summed E-state index contributed by atoms with van der Waals surface area (Å²) >= 11 is 1.30. The molecule has 1 unspecified atom stereocenters. The number of thioether (sulfide) groups is 1. The van der Waals surface area contributed by atoms with E-state index in [1.165, 1.54) is 18.1 Å². The van der Waals surface area contributed by atoms with Crippen molar-refractivity contribution in [2.24, 2.45) is 5.92 Å². The van der Waals surface area contributed by atoms with Crippen LogP contribution in [0.4, 0.5) is 5.95 Å². The molecule has 1 aliphatic heterocycles. The van der Waals surface area contributed by atoms with E-state index in [1.54, 1.807) is 16.7 Å².